The Balaban J connectivity index is 1.39. The number of likely N-dealkylation sites (tertiary alicyclic amines) is 1. The summed E-state index contributed by atoms with van der Waals surface area (Å²) in [6, 6.07) is 10.1. The summed E-state index contributed by atoms with van der Waals surface area (Å²) in [4.78, 5) is 24.9. The van der Waals surface area contributed by atoms with Crippen molar-refractivity contribution >= 4 is 22.9 Å². The van der Waals surface area contributed by atoms with Crippen molar-refractivity contribution in [2.24, 2.45) is 0 Å². The number of nitrogens with zero attached hydrogens (tertiary/aromatic N) is 5. The van der Waals surface area contributed by atoms with Crippen molar-refractivity contribution in [1.29, 1.82) is 0 Å². The van der Waals surface area contributed by atoms with E-state index >= 15 is 0 Å². The average Bonchev–Trinajstić information content (AvgIpc) is 3.42. The number of aryl methyl sites for hydroxylation is 1. The predicted molar refractivity (Wildman–Crippen MR) is 113 cm³/mol. The molecule has 5 rings (SSSR count). The predicted octanol–water partition coefficient (Wildman–Crippen LogP) is 4.18. The highest BCUT2D eigenvalue weighted by atomic mass is 32.1. The van der Waals surface area contributed by atoms with Crippen molar-refractivity contribution in [3.05, 3.63) is 71.3 Å². The molecule has 146 valence electrons. The lowest BCUT2D eigenvalue weighted by Gasteiger charge is -2.31. The van der Waals surface area contributed by atoms with Crippen molar-refractivity contribution in [1.82, 2.24) is 24.5 Å². The Morgan fingerprint density at radius 3 is 3.00 bits per heavy atom. The summed E-state index contributed by atoms with van der Waals surface area (Å²) < 4.78 is 1.86. The molecule has 6 nitrogen and oxygen atoms in total. The molecule has 1 aliphatic rings. The third-order valence-electron chi connectivity index (χ3n) is 5.35. The molecule has 0 N–H and O–H groups in total. The third-order valence-corrected chi connectivity index (χ3v) is 6.27. The van der Waals surface area contributed by atoms with Crippen LogP contribution in [0.2, 0.25) is 0 Å². The zero-order chi connectivity index (χ0) is 19.8. The molecular formula is C22H21N5OS. The Morgan fingerprint density at radius 2 is 2.17 bits per heavy atom. The van der Waals surface area contributed by atoms with E-state index in [1.54, 1.807) is 23.7 Å². The Kier molecular flexibility index (Phi) is 4.60. The summed E-state index contributed by atoms with van der Waals surface area (Å²) in [5, 5.41) is 6.82. The Hall–Kier alpha value is -3.06. The number of rotatable bonds is 3. The Labute approximate surface area is 172 Å². The molecule has 0 bridgehead atoms. The molecule has 0 aliphatic carbocycles. The Bertz CT molecular complexity index is 1170. The van der Waals surface area contributed by atoms with Crippen LogP contribution in [0.25, 0.3) is 16.1 Å². The second kappa shape index (κ2) is 7.40. The topological polar surface area (TPSA) is 63.4 Å². The van der Waals surface area contributed by atoms with Gasteiger partial charge >= 0.3 is 0 Å². The van der Waals surface area contributed by atoms with Gasteiger partial charge in [0.2, 0.25) is 0 Å². The van der Waals surface area contributed by atoms with E-state index in [2.05, 4.69) is 22.5 Å². The third kappa shape index (κ3) is 3.53. The summed E-state index contributed by atoms with van der Waals surface area (Å²) >= 11 is 1.71. The molecule has 0 saturated carbocycles. The largest absolute Gasteiger partial charge is 0.338 e. The maximum atomic E-state index is 12.9. The minimum absolute atomic E-state index is 0.0367. The molecule has 1 aliphatic heterocycles. The van der Waals surface area contributed by atoms with Crippen LogP contribution < -0.4 is 0 Å². The van der Waals surface area contributed by atoms with Crippen molar-refractivity contribution in [3.63, 3.8) is 0 Å². The highest BCUT2D eigenvalue weighted by molar-refractivity contribution is 7.13. The van der Waals surface area contributed by atoms with Gasteiger partial charge in [-0.25, -0.2) is 9.50 Å². The first-order valence-electron chi connectivity index (χ1n) is 9.78. The maximum Gasteiger partial charge on any atom is 0.255 e. The first-order valence-corrected chi connectivity index (χ1v) is 10.7. The molecule has 4 aromatic rings. The number of fused-ring (bicyclic) bond motifs is 1. The summed E-state index contributed by atoms with van der Waals surface area (Å²) in [5.41, 5.74) is 3.62. The van der Waals surface area contributed by atoms with Crippen LogP contribution in [-0.4, -0.2) is 43.5 Å². The van der Waals surface area contributed by atoms with Crippen LogP contribution in [0.5, 0.6) is 0 Å². The number of carbonyl (C=O) groups is 1. The minimum Gasteiger partial charge on any atom is -0.338 e. The SMILES string of the molecule is Cc1cncc(C(=O)N2CCCC(c3nc4ccc(-c5cccs5)cn4n3)C2)c1. The van der Waals surface area contributed by atoms with E-state index in [0.29, 0.717) is 12.1 Å². The monoisotopic (exact) mass is 403 g/mol. The van der Waals surface area contributed by atoms with E-state index in [1.165, 1.54) is 4.88 Å². The van der Waals surface area contributed by atoms with Crippen LogP contribution in [0.1, 0.15) is 40.5 Å². The zero-order valence-corrected chi connectivity index (χ0v) is 17.0. The number of aromatic nitrogens is 4. The molecule has 1 atom stereocenters. The normalized spacial score (nSPS) is 17.0. The second-order valence-corrected chi connectivity index (χ2v) is 8.46. The van der Waals surface area contributed by atoms with Crippen LogP contribution >= 0.6 is 11.3 Å². The fourth-order valence-electron chi connectivity index (χ4n) is 3.89. The standard InChI is InChI=1S/C22H21N5OS/c1-15-10-18(12-23-11-15)22(28)26-8-2-4-17(13-26)21-24-20-7-6-16(14-27(20)25-21)19-5-3-9-29-19/h3,5-7,9-12,14,17H,2,4,8,13H2,1H3. The van der Waals surface area contributed by atoms with E-state index in [-0.39, 0.29) is 11.8 Å². The molecule has 7 heteroatoms. The van der Waals surface area contributed by atoms with Gasteiger partial charge in [-0.15, -0.1) is 11.3 Å². The molecule has 1 unspecified atom stereocenters. The van der Waals surface area contributed by atoms with Gasteiger partial charge in [0.05, 0.1) is 5.56 Å². The van der Waals surface area contributed by atoms with Gasteiger partial charge in [0.25, 0.3) is 5.91 Å². The van der Waals surface area contributed by atoms with E-state index in [1.807, 2.05) is 40.7 Å². The molecule has 5 heterocycles. The van der Waals surface area contributed by atoms with Gasteiger partial charge < -0.3 is 4.90 Å². The smallest absolute Gasteiger partial charge is 0.255 e. The maximum absolute atomic E-state index is 12.9. The number of pyridine rings is 2. The number of thiophene rings is 1. The first-order chi connectivity index (χ1) is 14.2. The van der Waals surface area contributed by atoms with Crippen LogP contribution in [0.15, 0.2) is 54.3 Å². The lowest BCUT2D eigenvalue weighted by Crippen LogP contribution is -2.39. The lowest BCUT2D eigenvalue weighted by molar-refractivity contribution is 0.0704. The van der Waals surface area contributed by atoms with Crippen LogP contribution in [0.4, 0.5) is 0 Å². The van der Waals surface area contributed by atoms with E-state index in [9.17, 15) is 4.79 Å². The average molecular weight is 404 g/mol. The highest BCUT2D eigenvalue weighted by Crippen LogP contribution is 2.28. The van der Waals surface area contributed by atoms with Gasteiger partial charge in [-0.1, -0.05) is 6.07 Å². The molecule has 1 saturated heterocycles. The van der Waals surface area contributed by atoms with E-state index < -0.39 is 0 Å². The summed E-state index contributed by atoms with van der Waals surface area (Å²) in [7, 11) is 0. The molecule has 1 amide bonds. The van der Waals surface area contributed by atoms with Crippen LogP contribution in [0.3, 0.4) is 0 Å². The fourth-order valence-corrected chi connectivity index (χ4v) is 4.61. The van der Waals surface area contributed by atoms with Gasteiger partial charge in [0, 0.05) is 48.0 Å². The van der Waals surface area contributed by atoms with Gasteiger partial charge in [-0.2, -0.15) is 5.10 Å². The molecule has 29 heavy (non-hydrogen) atoms. The molecular weight excluding hydrogens is 382 g/mol. The van der Waals surface area contributed by atoms with Gasteiger partial charge in [0.15, 0.2) is 11.5 Å². The first kappa shape index (κ1) is 18.0. The number of amides is 1. The molecule has 0 aromatic carbocycles. The summed E-state index contributed by atoms with van der Waals surface area (Å²) in [6.07, 6.45) is 7.38. The van der Waals surface area contributed by atoms with Gasteiger partial charge in [0.1, 0.15) is 0 Å². The zero-order valence-electron chi connectivity index (χ0n) is 16.2. The lowest BCUT2D eigenvalue weighted by atomic mass is 9.97. The highest BCUT2D eigenvalue weighted by Gasteiger charge is 2.28. The molecule has 0 spiro atoms. The van der Waals surface area contributed by atoms with Crippen LogP contribution in [0, 0.1) is 6.92 Å². The van der Waals surface area contributed by atoms with Gasteiger partial charge in [-0.05, 0) is 55.0 Å². The van der Waals surface area contributed by atoms with E-state index in [0.717, 1.165) is 42.0 Å². The second-order valence-electron chi connectivity index (χ2n) is 7.51. The van der Waals surface area contributed by atoms with Crippen molar-refractivity contribution in [2.45, 2.75) is 25.7 Å². The van der Waals surface area contributed by atoms with Crippen molar-refractivity contribution in [2.75, 3.05) is 13.1 Å². The number of piperidine rings is 1. The summed E-state index contributed by atoms with van der Waals surface area (Å²) in [5.74, 6) is 0.999. The molecule has 1 fully saturated rings. The van der Waals surface area contributed by atoms with Gasteiger partial charge in [-0.3, -0.25) is 9.78 Å². The Morgan fingerprint density at radius 1 is 1.24 bits per heavy atom. The number of hydrogen-bond acceptors (Lipinski definition) is 5. The van der Waals surface area contributed by atoms with Crippen molar-refractivity contribution in [3.8, 4) is 10.4 Å². The van der Waals surface area contributed by atoms with E-state index in [4.69, 9.17) is 10.1 Å². The quantitative estimate of drug-likeness (QED) is 0.515. The minimum atomic E-state index is 0.0367. The summed E-state index contributed by atoms with van der Waals surface area (Å²) in [6.45, 7) is 3.36. The number of hydrogen-bond donors (Lipinski definition) is 0. The molecule has 4 aromatic heterocycles. The molecule has 0 radical (unpaired) electrons. The fraction of sp³-hybridized carbons (Fsp3) is 0.273. The van der Waals surface area contributed by atoms with Crippen LogP contribution in [-0.2, 0) is 0 Å². The number of carbonyl (C=O) groups excluding carboxylic acids is 1. The van der Waals surface area contributed by atoms with Crippen molar-refractivity contribution < 1.29 is 4.79 Å².